The number of hydrogen-bond donors (Lipinski definition) is 2. The fourth-order valence-electron chi connectivity index (χ4n) is 2.57. The third-order valence-corrected chi connectivity index (χ3v) is 4.42. The Morgan fingerprint density at radius 1 is 1.18 bits per heavy atom. The molecule has 0 spiro atoms. The van der Waals surface area contributed by atoms with Crippen molar-refractivity contribution in [2.45, 2.75) is 19.9 Å². The highest BCUT2D eigenvalue weighted by Gasteiger charge is 2.15. The fourth-order valence-corrected chi connectivity index (χ4v) is 2.79. The van der Waals surface area contributed by atoms with Crippen molar-refractivity contribution < 1.29 is 14.3 Å². The van der Waals surface area contributed by atoms with E-state index >= 15 is 0 Å². The van der Waals surface area contributed by atoms with E-state index in [4.69, 9.17) is 21.1 Å². The van der Waals surface area contributed by atoms with Gasteiger partial charge in [0.1, 0.15) is 11.6 Å². The maximum Gasteiger partial charge on any atom is 0.263 e. The van der Waals surface area contributed by atoms with E-state index in [1.54, 1.807) is 44.6 Å². The van der Waals surface area contributed by atoms with Crippen LogP contribution >= 0.6 is 11.6 Å². The molecule has 0 aliphatic heterocycles. The van der Waals surface area contributed by atoms with Gasteiger partial charge >= 0.3 is 0 Å². The van der Waals surface area contributed by atoms with Gasteiger partial charge in [-0.25, -0.2) is 0 Å². The standard InChI is InChI=1S/C21H22ClN3O3/c1-13-9-17(22)6-7-18(13)24-12-16(11-23)21(26)25-14(2)15-5-8-19(27-3)20(10-15)28-4/h5-10,12,14,24H,1-4H3,(H,25,26)/b16-12-. The van der Waals surface area contributed by atoms with E-state index in [-0.39, 0.29) is 11.6 Å². The summed E-state index contributed by atoms with van der Waals surface area (Å²) in [4.78, 5) is 12.5. The second kappa shape index (κ2) is 9.67. The summed E-state index contributed by atoms with van der Waals surface area (Å²) in [6, 6.07) is 12.3. The Kier molecular flexibility index (Phi) is 7.30. The number of hydrogen-bond acceptors (Lipinski definition) is 5. The number of aryl methyl sites for hydroxylation is 1. The molecule has 0 bridgehead atoms. The maximum atomic E-state index is 12.5. The lowest BCUT2D eigenvalue weighted by molar-refractivity contribution is -0.117. The molecule has 1 amide bonds. The van der Waals surface area contributed by atoms with E-state index in [9.17, 15) is 10.1 Å². The third-order valence-electron chi connectivity index (χ3n) is 4.18. The van der Waals surface area contributed by atoms with Crippen molar-refractivity contribution in [3.8, 4) is 17.6 Å². The third kappa shape index (κ3) is 5.18. The van der Waals surface area contributed by atoms with Gasteiger partial charge in [-0.05, 0) is 55.3 Å². The highest BCUT2D eigenvalue weighted by Crippen LogP contribution is 2.30. The van der Waals surface area contributed by atoms with Crippen LogP contribution in [0.3, 0.4) is 0 Å². The molecule has 0 radical (unpaired) electrons. The first kappa shape index (κ1) is 21.1. The molecular formula is C21H22ClN3O3. The predicted octanol–water partition coefficient (Wildman–Crippen LogP) is 4.36. The average molecular weight is 400 g/mol. The fraction of sp³-hybridized carbons (Fsp3) is 0.238. The number of nitrogens with one attached hydrogen (secondary N) is 2. The summed E-state index contributed by atoms with van der Waals surface area (Å²) in [6.45, 7) is 3.71. The summed E-state index contributed by atoms with van der Waals surface area (Å²) < 4.78 is 10.5. The molecular weight excluding hydrogens is 378 g/mol. The average Bonchev–Trinajstić information content (AvgIpc) is 2.69. The number of amides is 1. The Bertz CT molecular complexity index is 935. The van der Waals surface area contributed by atoms with Gasteiger partial charge in [0.25, 0.3) is 5.91 Å². The molecule has 2 aromatic carbocycles. The topological polar surface area (TPSA) is 83.4 Å². The van der Waals surface area contributed by atoms with Crippen molar-refractivity contribution in [2.75, 3.05) is 19.5 Å². The van der Waals surface area contributed by atoms with Gasteiger partial charge in [-0.3, -0.25) is 4.79 Å². The minimum atomic E-state index is -0.482. The summed E-state index contributed by atoms with van der Waals surface area (Å²) in [7, 11) is 3.11. The van der Waals surface area contributed by atoms with Crippen LogP contribution in [0, 0.1) is 18.3 Å². The SMILES string of the molecule is COc1ccc(C(C)NC(=O)/C(C#N)=C\Nc2ccc(Cl)cc2C)cc1OC. The molecule has 0 aliphatic rings. The zero-order valence-electron chi connectivity index (χ0n) is 16.2. The summed E-state index contributed by atoms with van der Waals surface area (Å²) in [5, 5.41) is 15.8. The zero-order chi connectivity index (χ0) is 20.7. The summed E-state index contributed by atoms with van der Waals surface area (Å²) in [5.41, 5.74) is 2.45. The molecule has 0 fully saturated rings. The van der Waals surface area contributed by atoms with Crippen LogP contribution in [0.5, 0.6) is 11.5 Å². The Morgan fingerprint density at radius 3 is 2.50 bits per heavy atom. The predicted molar refractivity (Wildman–Crippen MR) is 110 cm³/mol. The first-order valence-corrected chi connectivity index (χ1v) is 8.93. The number of ether oxygens (including phenoxy) is 2. The quantitative estimate of drug-likeness (QED) is 0.533. The highest BCUT2D eigenvalue weighted by molar-refractivity contribution is 6.30. The Labute approximate surface area is 169 Å². The molecule has 146 valence electrons. The zero-order valence-corrected chi connectivity index (χ0v) is 16.9. The van der Waals surface area contributed by atoms with Crippen molar-refractivity contribution in [3.05, 3.63) is 64.3 Å². The van der Waals surface area contributed by atoms with Crippen LogP contribution in [0.4, 0.5) is 5.69 Å². The molecule has 2 N–H and O–H groups in total. The van der Waals surface area contributed by atoms with Gasteiger partial charge in [-0.2, -0.15) is 5.26 Å². The number of nitriles is 1. The lowest BCUT2D eigenvalue weighted by atomic mass is 10.1. The van der Waals surface area contributed by atoms with Crippen LogP contribution in [0.2, 0.25) is 5.02 Å². The largest absolute Gasteiger partial charge is 0.493 e. The molecule has 1 atom stereocenters. The van der Waals surface area contributed by atoms with E-state index in [0.29, 0.717) is 16.5 Å². The van der Waals surface area contributed by atoms with Gasteiger partial charge in [0.05, 0.1) is 20.3 Å². The first-order valence-electron chi connectivity index (χ1n) is 8.55. The van der Waals surface area contributed by atoms with E-state index in [1.807, 2.05) is 26.0 Å². The van der Waals surface area contributed by atoms with Crippen LogP contribution in [-0.4, -0.2) is 20.1 Å². The van der Waals surface area contributed by atoms with Crippen molar-refractivity contribution in [2.24, 2.45) is 0 Å². The van der Waals surface area contributed by atoms with Crippen LogP contribution in [-0.2, 0) is 4.79 Å². The molecule has 2 rings (SSSR count). The number of carbonyl (C=O) groups is 1. The lowest BCUT2D eigenvalue weighted by Gasteiger charge is -2.16. The summed E-state index contributed by atoms with van der Waals surface area (Å²) >= 11 is 5.94. The molecule has 2 aromatic rings. The van der Waals surface area contributed by atoms with Crippen molar-refractivity contribution in [3.63, 3.8) is 0 Å². The lowest BCUT2D eigenvalue weighted by Crippen LogP contribution is -2.28. The Hall–Kier alpha value is -3.17. The van der Waals surface area contributed by atoms with Crippen LogP contribution in [0.25, 0.3) is 0 Å². The molecule has 7 heteroatoms. The van der Waals surface area contributed by atoms with Crippen molar-refractivity contribution in [1.29, 1.82) is 5.26 Å². The number of benzene rings is 2. The number of carbonyl (C=O) groups excluding carboxylic acids is 1. The van der Waals surface area contributed by atoms with E-state index in [2.05, 4.69) is 10.6 Å². The highest BCUT2D eigenvalue weighted by atomic mass is 35.5. The molecule has 28 heavy (non-hydrogen) atoms. The minimum absolute atomic E-state index is 0.0401. The van der Waals surface area contributed by atoms with Gasteiger partial charge < -0.3 is 20.1 Å². The van der Waals surface area contributed by atoms with Crippen molar-refractivity contribution in [1.82, 2.24) is 5.32 Å². The van der Waals surface area contributed by atoms with Crippen molar-refractivity contribution >= 4 is 23.2 Å². The van der Waals surface area contributed by atoms with Crippen LogP contribution in [0.15, 0.2) is 48.2 Å². The Balaban J connectivity index is 2.11. The number of halogens is 1. The summed E-state index contributed by atoms with van der Waals surface area (Å²) in [6.07, 6.45) is 1.38. The molecule has 0 heterocycles. The van der Waals surface area contributed by atoms with E-state index < -0.39 is 5.91 Å². The van der Waals surface area contributed by atoms with Gasteiger partial charge in [0, 0.05) is 16.9 Å². The van der Waals surface area contributed by atoms with Gasteiger partial charge in [0.15, 0.2) is 11.5 Å². The van der Waals surface area contributed by atoms with E-state index in [1.165, 1.54) is 6.20 Å². The first-order chi connectivity index (χ1) is 13.4. The van der Waals surface area contributed by atoms with Crippen LogP contribution < -0.4 is 20.1 Å². The van der Waals surface area contributed by atoms with Gasteiger partial charge in [-0.1, -0.05) is 17.7 Å². The monoisotopic (exact) mass is 399 g/mol. The maximum absolute atomic E-state index is 12.5. The Morgan fingerprint density at radius 2 is 1.89 bits per heavy atom. The smallest absolute Gasteiger partial charge is 0.263 e. The number of anilines is 1. The molecule has 0 saturated carbocycles. The van der Waals surface area contributed by atoms with Crippen LogP contribution in [0.1, 0.15) is 24.1 Å². The van der Waals surface area contributed by atoms with E-state index in [0.717, 1.165) is 16.8 Å². The number of methoxy groups -OCH3 is 2. The normalized spacial score (nSPS) is 11.9. The number of rotatable bonds is 7. The van der Waals surface area contributed by atoms with Gasteiger partial charge in [0.2, 0.25) is 0 Å². The summed E-state index contributed by atoms with van der Waals surface area (Å²) in [5.74, 6) is 0.686. The molecule has 0 aromatic heterocycles. The second-order valence-electron chi connectivity index (χ2n) is 6.08. The molecule has 6 nitrogen and oxygen atoms in total. The minimum Gasteiger partial charge on any atom is -0.493 e. The molecule has 0 saturated heterocycles. The molecule has 1 unspecified atom stereocenters. The second-order valence-corrected chi connectivity index (χ2v) is 6.52. The van der Waals surface area contributed by atoms with Gasteiger partial charge in [-0.15, -0.1) is 0 Å². The number of nitrogens with zero attached hydrogens (tertiary/aromatic N) is 1. The molecule has 0 aliphatic carbocycles.